The van der Waals surface area contributed by atoms with Crippen molar-refractivity contribution >= 4 is 69.4 Å². The third-order valence-corrected chi connectivity index (χ3v) is 10.9. The van der Waals surface area contributed by atoms with Crippen molar-refractivity contribution in [2.75, 3.05) is 11.1 Å². The minimum absolute atomic E-state index is 0.0176. The van der Waals surface area contributed by atoms with Crippen LogP contribution in [0.4, 0.5) is 9.93 Å². The van der Waals surface area contributed by atoms with Crippen LogP contribution in [0.1, 0.15) is 76.3 Å². The molecule has 3 amide bonds. The molecule has 2 fully saturated rings. The number of benzene rings is 2. The number of hydrogen-bond donors (Lipinski definition) is 2. The number of fused-ring (bicyclic) bond motifs is 1. The summed E-state index contributed by atoms with van der Waals surface area (Å²) in [6, 6.07) is 17.8. The Morgan fingerprint density at radius 3 is 2.25 bits per heavy atom. The summed E-state index contributed by atoms with van der Waals surface area (Å²) in [6.07, 6.45) is 1.89. The SMILES string of the molecule is CC1=C(C(=O)OC(c2ccccc2)c2ccccc2)N2C(=O)C(NC(=O)C(=NOC3CCCC3)c3nc(NC(=O)OC(C)(C)C)sc3Cl)C2SC1. The number of nitrogens with zero attached hydrogens (tertiary/aromatic N) is 3. The average Bonchev–Trinajstić information content (AvgIpc) is 3.75. The lowest BCUT2D eigenvalue weighted by Crippen LogP contribution is -2.71. The summed E-state index contributed by atoms with van der Waals surface area (Å²) in [5.74, 6) is -1.42. The lowest BCUT2D eigenvalue weighted by Gasteiger charge is -2.49. The number of rotatable bonds is 10. The molecule has 3 heterocycles. The molecule has 1 saturated heterocycles. The zero-order chi connectivity index (χ0) is 36.3. The number of anilines is 1. The molecule has 12 nitrogen and oxygen atoms in total. The minimum Gasteiger partial charge on any atom is -0.448 e. The van der Waals surface area contributed by atoms with Crippen molar-refractivity contribution < 1.29 is 33.5 Å². The first kappa shape index (κ1) is 36.4. The molecule has 2 unspecified atom stereocenters. The van der Waals surface area contributed by atoms with Gasteiger partial charge in [-0.3, -0.25) is 19.8 Å². The number of thiazole rings is 1. The number of nitrogens with one attached hydrogen (secondary N) is 2. The molecule has 3 aromatic rings. The Hall–Kier alpha value is -4.40. The van der Waals surface area contributed by atoms with Gasteiger partial charge in [0.05, 0.1) is 0 Å². The standard InChI is InChI=1S/C36H38ClN5O7S2/c1-20-19-50-32-26(31(44)42(32)27(20)33(45)47-28(21-13-7-5-8-14-21)22-15-9-6-10-16-22)38-30(43)25(41-49-23-17-11-12-18-23)24-29(37)51-34(39-24)40-35(46)48-36(2,3)4/h5-10,13-16,23,26,28,32H,11-12,17-19H2,1-4H3,(H,38,43)(H,39,40,46). The lowest BCUT2D eigenvalue weighted by atomic mass is 10.0. The molecule has 1 saturated carbocycles. The largest absolute Gasteiger partial charge is 0.448 e. The van der Waals surface area contributed by atoms with E-state index in [0.29, 0.717) is 11.3 Å². The first-order valence-electron chi connectivity index (χ1n) is 16.6. The zero-order valence-corrected chi connectivity index (χ0v) is 30.9. The predicted octanol–water partition coefficient (Wildman–Crippen LogP) is 6.81. The molecule has 3 aliphatic rings. The van der Waals surface area contributed by atoms with Crippen molar-refractivity contribution in [3.8, 4) is 0 Å². The Kier molecular flexibility index (Phi) is 11.0. The topological polar surface area (TPSA) is 149 Å². The highest BCUT2D eigenvalue weighted by Crippen LogP contribution is 2.41. The number of halogens is 1. The van der Waals surface area contributed by atoms with Gasteiger partial charge in [0.1, 0.15) is 38.8 Å². The Bertz CT molecular complexity index is 1820. The van der Waals surface area contributed by atoms with Crippen molar-refractivity contribution in [3.05, 3.63) is 93.1 Å². The highest BCUT2D eigenvalue weighted by atomic mass is 35.5. The van der Waals surface area contributed by atoms with Gasteiger partial charge in [-0.1, -0.05) is 88.8 Å². The third-order valence-electron chi connectivity index (χ3n) is 8.30. The fourth-order valence-electron chi connectivity index (χ4n) is 5.92. The van der Waals surface area contributed by atoms with Gasteiger partial charge in [0.15, 0.2) is 16.9 Å². The van der Waals surface area contributed by atoms with E-state index in [9.17, 15) is 19.2 Å². The van der Waals surface area contributed by atoms with E-state index in [0.717, 1.165) is 48.1 Å². The monoisotopic (exact) mass is 751 g/mol. The van der Waals surface area contributed by atoms with Crippen molar-refractivity contribution in [2.24, 2.45) is 5.16 Å². The second kappa shape index (κ2) is 15.5. The van der Waals surface area contributed by atoms with Crippen LogP contribution in [0.2, 0.25) is 4.34 Å². The number of oxime groups is 1. The first-order valence-corrected chi connectivity index (χ1v) is 18.8. The smallest absolute Gasteiger partial charge is 0.413 e. The van der Waals surface area contributed by atoms with Crippen molar-refractivity contribution in [2.45, 2.75) is 82.6 Å². The van der Waals surface area contributed by atoms with Crippen LogP contribution in [-0.2, 0) is 28.7 Å². The summed E-state index contributed by atoms with van der Waals surface area (Å²) in [5.41, 5.74) is 1.41. The molecule has 51 heavy (non-hydrogen) atoms. The van der Waals surface area contributed by atoms with Crippen LogP contribution in [0.15, 0.2) is 77.1 Å². The Morgan fingerprint density at radius 1 is 1.02 bits per heavy atom. The van der Waals surface area contributed by atoms with Gasteiger partial charge >= 0.3 is 12.1 Å². The number of hydrogen-bond acceptors (Lipinski definition) is 11. The maximum absolute atomic E-state index is 13.9. The predicted molar refractivity (Wildman–Crippen MR) is 195 cm³/mol. The maximum atomic E-state index is 13.9. The quantitative estimate of drug-likeness (QED) is 0.0986. The van der Waals surface area contributed by atoms with Gasteiger partial charge in [0, 0.05) is 5.75 Å². The molecule has 6 rings (SSSR count). The number of aromatic nitrogens is 1. The summed E-state index contributed by atoms with van der Waals surface area (Å²) in [5, 5.41) is 9.00. The Morgan fingerprint density at radius 2 is 1.65 bits per heavy atom. The van der Waals surface area contributed by atoms with Gasteiger partial charge in [0.25, 0.3) is 11.8 Å². The van der Waals surface area contributed by atoms with E-state index in [1.54, 1.807) is 27.7 Å². The van der Waals surface area contributed by atoms with E-state index < -0.39 is 47.0 Å². The number of carbonyl (C=O) groups is 4. The Balaban J connectivity index is 1.20. The van der Waals surface area contributed by atoms with Crippen LogP contribution < -0.4 is 10.6 Å². The molecular weight excluding hydrogens is 714 g/mol. The number of carbonyl (C=O) groups excluding carboxylic acids is 4. The molecular formula is C36H38ClN5O7S2. The van der Waals surface area contributed by atoms with Gasteiger partial charge in [-0.25, -0.2) is 14.6 Å². The summed E-state index contributed by atoms with van der Waals surface area (Å²) in [7, 11) is 0. The highest BCUT2D eigenvalue weighted by molar-refractivity contribution is 8.00. The van der Waals surface area contributed by atoms with Crippen molar-refractivity contribution in [1.29, 1.82) is 0 Å². The number of β-lactam (4-membered cyclic amide) rings is 1. The second-order valence-electron chi connectivity index (χ2n) is 13.3. The zero-order valence-electron chi connectivity index (χ0n) is 28.5. The molecule has 2 N–H and O–H groups in total. The summed E-state index contributed by atoms with van der Waals surface area (Å²) >= 11 is 8.87. The molecule has 2 aliphatic heterocycles. The lowest BCUT2D eigenvalue weighted by molar-refractivity contribution is -0.154. The third kappa shape index (κ3) is 8.40. The van der Waals surface area contributed by atoms with Gasteiger partial charge in [-0.05, 0) is 70.1 Å². The molecule has 1 aliphatic carbocycles. The fourth-order valence-corrected chi connectivity index (χ4v) is 8.25. The van der Waals surface area contributed by atoms with Gasteiger partial charge in [-0.2, -0.15) is 0 Å². The molecule has 2 aromatic carbocycles. The first-order chi connectivity index (χ1) is 24.4. The molecule has 15 heteroatoms. The van der Waals surface area contributed by atoms with Crippen LogP contribution in [0.5, 0.6) is 0 Å². The van der Waals surface area contributed by atoms with E-state index in [-0.39, 0.29) is 32.7 Å². The van der Waals surface area contributed by atoms with E-state index in [4.69, 9.17) is 25.9 Å². The fraction of sp³-hybridized carbons (Fsp3) is 0.389. The van der Waals surface area contributed by atoms with Crippen LogP contribution in [0.25, 0.3) is 0 Å². The molecule has 1 aromatic heterocycles. The average molecular weight is 752 g/mol. The van der Waals surface area contributed by atoms with E-state index in [2.05, 4.69) is 20.8 Å². The molecule has 0 bridgehead atoms. The van der Waals surface area contributed by atoms with Gasteiger partial charge in [-0.15, -0.1) is 11.8 Å². The van der Waals surface area contributed by atoms with Gasteiger partial charge in [0.2, 0.25) is 0 Å². The maximum Gasteiger partial charge on any atom is 0.413 e. The van der Waals surface area contributed by atoms with Crippen molar-refractivity contribution in [3.63, 3.8) is 0 Å². The number of ether oxygens (including phenoxy) is 2. The van der Waals surface area contributed by atoms with E-state index in [1.165, 1.54) is 16.7 Å². The van der Waals surface area contributed by atoms with Crippen LogP contribution in [0, 0.1) is 0 Å². The van der Waals surface area contributed by atoms with E-state index >= 15 is 0 Å². The number of amides is 3. The number of thioether (sulfide) groups is 1. The van der Waals surface area contributed by atoms with Crippen LogP contribution in [0.3, 0.4) is 0 Å². The summed E-state index contributed by atoms with van der Waals surface area (Å²) < 4.78 is 11.5. The van der Waals surface area contributed by atoms with Crippen LogP contribution >= 0.6 is 34.7 Å². The van der Waals surface area contributed by atoms with Crippen LogP contribution in [-0.4, -0.2) is 68.3 Å². The highest BCUT2D eigenvalue weighted by Gasteiger charge is 2.54. The number of esters is 1. The molecule has 268 valence electrons. The summed E-state index contributed by atoms with van der Waals surface area (Å²) in [4.78, 5) is 65.3. The second-order valence-corrected chi connectivity index (χ2v) is 16.0. The normalized spacial score (nSPS) is 19.4. The minimum atomic E-state index is -0.981. The van der Waals surface area contributed by atoms with E-state index in [1.807, 2.05) is 60.7 Å². The Labute approximate surface area is 308 Å². The summed E-state index contributed by atoms with van der Waals surface area (Å²) in [6.45, 7) is 6.97. The molecule has 0 radical (unpaired) electrons. The van der Waals surface area contributed by atoms with Gasteiger partial charge < -0.3 is 19.6 Å². The molecule has 0 spiro atoms. The molecule has 2 atom stereocenters. The van der Waals surface area contributed by atoms with Crippen molar-refractivity contribution in [1.82, 2.24) is 15.2 Å².